The highest BCUT2D eigenvalue weighted by Gasteiger charge is 1.93. The van der Waals surface area contributed by atoms with Gasteiger partial charge in [-0.25, -0.2) is 4.98 Å². The Morgan fingerprint density at radius 3 is 2.29 bits per heavy atom. The summed E-state index contributed by atoms with van der Waals surface area (Å²) in [6.45, 7) is 0. The first-order valence-electron chi connectivity index (χ1n) is 4.50. The van der Waals surface area contributed by atoms with Gasteiger partial charge in [0, 0.05) is 12.4 Å². The molecule has 17 heavy (non-hydrogen) atoms. The van der Waals surface area contributed by atoms with E-state index in [-0.39, 0.29) is 5.56 Å². The lowest BCUT2D eigenvalue weighted by Gasteiger charge is -1.85. The summed E-state index contributed by atoms with van der Waals surface area (Å²) in [6, 6.07) is 7.15. The Bertz CT molecular complexity index is 662. The largest absolute Gasteiger partial charge is 0.286 e. The molecule has 0 atom stereocenters. The number of para-hydroxylation sites is 1. The molecule has 2 aromatic rings. The number of nitrogens with zero attached hydrogens (tertiary/aromatic N) is 2. The Hall–Kier alpha value is -1.86. The van der Waals surface area contributed by atoms with Crippen molar-refractivity contribution in [3.05, 3.63) is 47.0 Å². The van der Waals surface area contributed by atoms with Crippen molar-refractivity contribution in [2.24, 2.45) is 0 Å². The molecule has 0 aliphatic rings. The lowest BCUT2D eigenvalue weighted by Crippen LogP contribution is -2.00. The second kappa shape index (κ2) is 5.46. The summed E-state index contributed by atoms with van der Waals surface area (Å²) in [5.41, 5.74) is 0.447. The van der Waals surface area contributed by atoms with Crippen LogP contribution in [0.2, 0.25) is 0 Å². The van der Waals surface area contributed by atoms with Crippen LogP contribution in [0.3, 0.4) is 0 Å². The smallest absolute Gasteiger partial charge is 0.279 e. The summed E-state index contributed by atoms with van der Waals surface area (Å²) < 4.78 is 25.9. The number of fused-ring (bicyclic) bond motifs is 1. The average Bonchev–Trinajstić information content (AvgIpc) is 2.39. The molecular weight excluding hydrogens is 244 g/mol. The highest BCUT2D eigenvalue weighted by atomic mass is 32.2. The molecule has 0 amide bonds. The Morgan fingerprint density at radius 1 is 1.12 bits per heavy atom. The molecule has 0 aliphatic heterocycles. The lowest BCUT2D eigenvalue weighted by molar-refractivity contribution is 0.490. The fourth-order valence-electron chi connectivity index (χ4n) is 1.05. The summed E-state index contributed by atoms with van der Waals surface area (Å²) in [5, 5.41) is 0.558. The van der Waals surface area contributed by atoms with Crippen molar-refractivity contribution in [3.8, 4) is 0 Å². The zero-order chi connectivity index (χ0) is 12.9. The molecule has 0 saturated carbocycles. The number of hydrogen-bond donors (Lipinski definition) is 1. The second-order valence-corrected chi connectivity index (χ2v) is 4.58. The van der Waals surface area contributed by atoms with Crippen molar-refractivity contribution < 1.29 is 13.0 Å². The van der Waals surface area contributed by atoms with Crippen LogP contribution in [0.4, 0.5) is 0 Å². The van der Waals surface area contributed by atoms with Gasteiger partial charge in [0.05, 0.1) is 17.2 Å². The highest BCUT2D eigenvalue weighted by Crippen LogP contribution is 2.02. The van der Waals surface area contributed by atoms with Crippen LogP contribution in [0.5, 0.6) is 0 Å². The molecule has 0 saturated heterocycles. The predicted octanol–water partition coefficient (Wildman–Crippen LogP) is 0.494. The number of hydrogen-bond acceptors (Lipinski definition) is 5. The van der Waals surface area contributed by atoms with Gasteiger partial charge in [0.1, 0.15) is 0 Å². The van der Waals surface area contributed by atoms with E-state index in [1.807, 2.05) is 6.07 Å². The highest BCUT2D eigenvalue weighted by molar-refractivity contribution is 7.85. The molecule has 1 aromatic carbocycles. The molecule has 6 nitrogen and oxygen atoms in total. The molecule has 0 unspecified atom stereocenters. The van der Waals surface area contributed by atoms with E-state index in [1.165, 1.54) is 12.4 Å². The summed E-state index contributed by atoms with van der Waals surface area (Å²) in [6.07, 6.45) is 3.64. The first-order chi connectivity index (χ1) is 7.88. The maximum Gasteiger partial charge on any atom is 0.279 e. The van der Waals surface area contributed by atoms with Gasteiger partial charge in [0.25, 0.3) is 15.7 Å². The predicted molar refractivity (Wildman–Crippen MR) is 63.3 cm³/mol. The number of rotatable bonds is 0. The minimum Gasteiger partial charge on any atom is -0.286 e. The zero-order valence-electron chi connectivity index (χ0n) is 8.94. The minimum absolute atomic E-state index is 0.233. The third-order valence-electron chi connectivity index (χ3n) is 1.61. The van der Waals surface area contributed by atoms with Crippen LogP contribution in [-0.2, 0) is 10.1 Å². The maximum atomic E-state index is 11.2. The SMILES string of the molecule is CS(=O)(=O)O.O=c1nccnc2ccccc12. The lowest BCUT2D eigenvalue weighted by atomic mass is 10.2. The summed E-state index contributed by atoms with van der Waals surface area (Å²) in [7, 11) is -3.67. The molecule has 0 spiro atoms. The van der Waals surface area contributed by atoms with Crippen LogP contribution in [0.1, 0.15) is 0 Å². The molecule has 90 valence electrons. The van der Waals surface area contributed by atoms with E-state index in [0.717, 1.165) is 0 Å². The van der Waals surface area contributed by atoms with Gasteiger partial charge in [0.2, 0.25) is 0 Å². The first kappa shape index (κ1) is 13.2. The molecule has 7 heteroatoms. The van der Waals surface area contributed by atoms with E-state index >= 15 is 0 Å². The van der Waals surface area contributed by atoms with Gasteiger partial charge in [-0.15, -0.1) is 0 Å². The third kappa shape index (κ3) is 5.14. The monoisotopic (exact) mass is 254 g/mol. The summed E-state index contributed by atoms with van der Waals surface area (Å²) in [5.74, 6) is 0. The summed E-state index contributed by atoms with van der Waals surface area (Å²) >= 11 is 0. The van der Waals surface area contributed by atoms with Crippen LogP contribution >= 0.6 is 0 Å². The van der Waals surface area contributed by atoms with Gasteiger partial charge in [0.15, 0.2) is 0 Å². The molecule has 1 N–H and O–H groups in total. The van der Waals surface area contributed by atoms with Crippen LogP contribution in [0.15, 0.2) is 41.5 Å². The Labute approximate surface area is 97.7 Å². The number of benzene rings is 1. The van der Waals surface area contributed by atoms with Crippen LogP contribution in [0.25, 0.3) is 10.9 Å². The van der Waals surface area contributed by atoms with Crippen LogP contribution < -0.4 is 5.56 Å². The zero-order valence-corrected chi connectivity index (χ0v) is 9.76. The van der Waals surface area contributed by atoms with E-state index in [1.54, 1.807) is 18.2 Å². The molecule has 0 fully saturated rings. The van der Waals surface area contributed by atoms with Gasteiger partial charge in [-0.3, -0.25) is 14.3 Å². The number of aromatic nitrogens is 2. The average molecular weight is 254 g/mol. The molecule has 0 radical (unpaired) electrons. The van der Waals surface area contributed by atoms with Gasteiger partial charge in [-0.1, -0.05) is 12.1 Å². The van der Waals surface area contributed by atoms with Crippen molar-refractivity contribution in [3.63, 3.8) is 0 Å². The summed E-state index contributed by atoms with van der Waals surface area (Å²) in [4.78, 5) is 18.9. The van der Waals surface area contributed by atoms with Crippen molar-refractivity contribution in [2.45, 2.75) is 0 Å². The fourth-order valence-corrected chi connectivity index (χ4v) is 1.05. The van der Waals surface area contributed by atoms with E-state index in [9.17, 15) is 13.2 Å². The van der Waals surface area contributed by atoms with Crippen molar-refractivity contribution in [2.75, 3.05) is 6.26 Å². The molecule has 1 heterocycles. The Kier molecular flexibility index (Phi) is 4.24. The van der Waals surface area contributed by atoms with E-state index in [0.29, 0.717) is 17.2 Å². The van der Waals surface area contributed by atoms with Crippen molar-refractivity contribution in [1.29, 1.82) is 0 Å². The Balaban J connectivity index is 0.000000249. The van der Waals surface area contributed by atoms with E-state index in [2.05, 4.69) is 9.97 Å². The normalized spacial score (nSPS) is 10.5. The van der Waals surface area contributed by atoms with E-state index < -0.39 is 10.1 Å². The molecular formula is C10H10N2O4S. The van der Waals surface area contributed by atoms with Crippen LogP contribution in [-0.4, -0.2) is 29.2 Å². The van der Waals surface area contributed by atoms with Crippen molar-refractivity contribution in [1.82, 2.24) is 9.97 Å². The maximum absolute atomic E-state index is 11.2. The third-order valence-corrected chi connectivity index (χ3v) is 1.61. The second-order valence-electron chi connectivity index (χ2n) is 3.11. The molecule has 0 bridgehead atoms. The van der Waals surface area contributed by atoms with Gasteiger partial charge < -0.3 is 0 Å². The molecule has 1 aromatic heterocycles. The van der Waals surface area contributed by atoms with Gasteiger partial charge in [-0.05, 0) is 12.1 Å². The molecule has 0 aliphatic carbocycles. The van der Waals surface area contributed by atoms with Gasteiger partial charge in [-0.2, -0.15) is 8.42 Å². The quantitative estimate of drug-likeness (QED) is 0.687. The Morgan fingerprint density at radius 2 is 1.65 bits per heavy atom. The molecule has 2 rings (SSSR count). The minimum atomic E-state index is -3.67. The topological polar surface area (TPSA) is 97.2 Å². The van der Waals surface area contributed by atoms with Crippen LogP contribution in [0, 0.1) is 0 Å². The van der Waals surface area contributed by atoms with Crippen molar-refractivity contribution >= 4 is 21.0 Å². The van der Waals surface area contributed by atoms with E-state index in [4.69, 9.17) is 4.55 Å². The first-order valence-corrected chi connectivity index (χ1v) is 6.35. The fraction of sp³-hybridized carbons (Fsp3) is 0.100. The standard InChI is InChI=1S/C9H6N2O.CH4O3S/c12-9-7-3-1-2-4-8(7)10-5-6-11-9;1-5(2,3)4/h1-6H;1H3,(H,2,3,4). The van der Waals surface area contributed by atoms with Gasteiger partial charge >= 0.3 is 0 Å².